The van der Waals surface area contributed by atoms with Crippen LogP contribution in [0, 0.1) is 5.92 Å². The highest BCUT2D eigenvalue weighted by Crippen LogP contribution is 2.35. The highest BCUT2D eigenvalue weighted by atomic mass is 79.9. The Balaban J connectivity index is 1.37. The predicted octanol–water partition coefficient (Wildman–Crippen LogP) is 3.91. The second kappa shape index (κ2) is 7.90. The summed E-state index contributed by atoms with van der Waals surface area (Å²) in [6, 6.07) is 0. The Hall–Kier alpha value is 0.640. The highest BCUT2D eigenvalue weighted by molar-refractivity contribution is 9.09. The standard InChI is InChI=1S/C16H27BrClNO3S/c17-12-4-1-11(2-5-12)3-10-15-16(22-15)19-23(20,21)14-8-6-13(18)7-9-14/h11-16,19H,1-10H2. The van der Waals surface area contributed by atoms with Gasteiger partial charge in [0.25, 0.3) is 0 Å². The number of sulfonamides is 1. The van der Waals surface area contributed by atoms with Gasteiger partial charge >= 0.3 is 0 Å². The fraction of sp³-hybridized carbons (Fsp3) is 1.00. The zero-order valence-corrected chi connectivity index (χ0v) is 16.6. The minimum atomic E-state index is -3.27. The number of rotatable bonds is 6. The van der Waals surface area contributed by atoms with Crippen LogP contribution >= 0.6 is 27.5 Å². The second-order valence-corrected chi connectivity index (χ2v) is 11.2. The molecule has 0 aromatic rings. The topological polar surface area (TPSA) is 58.7 Å². The fourth-order valence-corrected chi connectivity index (χ4v) is 6.26. The third-order valence-corrected chi connectivity index (χ3v) is 8.80. The van der Waals surface area contributed by atoms with Crippen molar-refractivity contribution >= 4 is 37.6 Å². The molecular formula is C16H27BrClNO3S. The zero-order valence-electron chi connectivity index (χ0n) is 13.4. The number of halogens is 2. The molecule has 1 N–H and O–H groups in total. The molecule has 0 spiro atoms. The number of epoxide rings is 1. The average molecular weight is 429 g/mol. The first kappa shape index (κ1) is 18.4. The van der Waals surface area contributed by atoms with Crippen LogP contribution in [-0.2, 0) is 14.8 Å². The smallest absolute Gasteiger partial charge is 0.216 e. The third-order valence-electron chi connectivity index (χ3n) is 5.54. The molecule has 2 unspecified atom stereocenters. The molecule has 2 atom stereocenters. The van der Waals surface area contributed by atoms with Crippen molar-refractivity contribution in [1.82, 2.24) is 4.72 Å². The van der Waals surface area contributed by atoms with Gasteiger partial charge in [0, 0.05) is 10.2 Å². The molecule has 1 saturated heterocycles. The van der Waals surface area contributed by atoms with E-state index in [1.807, 2.05) is 0 Å². The van der Waals surface area contributed by atoms with Gasteiger partial charge in [-0.05, 0) is 70.1 Å². The molecule has 0 bridgehead atoms. The first-order valence-corrected chi connectivity index (χ1v) is 11.8. The van der Waals surface area contributed by atoms with Crippen LogP contribution in [0.2, 0.25) is 0 Å². The third kappa shape index (κ3) is 5.30. The quantitative estimate of drug-likeness (QED) is 0.515. The summed E-state index contributed by atoms with van der Waals surface area (Å²) < 4.78 is 33.1. The van der Waals surface area contributed by atoms with Crippen LogP contribution in [0.25, 0.3) is 0 Å². The number of ether oxygens (including phenoxy) is 1. The van der Waals surface area contributed by atoms with Crippen LogP contribution in [-0.4, -0.2) is 36.2 Å². The molecule has 1 heterocycles. The van der Waals surface area contributed by atoms with E-state index >= 15 is 0 Å². The van der Waals surface area contributed by atoms with E-state index in [0.717, 1.165) is 31.6 Å². The van der Waals surface area contributed by atoms with Gasteiger partial charge in [-0.1, -0.05) is 15.9 Å². The van der Waals surface area contributed by atoms with Crippen molar-refractivity contribution in [3.63, 3.8) is 0 Å². The lowest BCUT2D eigenvalue weighted by atomic mass is 9.85. The predicted molar refractivity (Wildman–Crippen MR) is 96.5 cm³/mol. The van der Waals surface area contributed by atoms with E-state index in [1.54, 1.807) is 0 Å². The molecule has 3 rings (SSSR count). The van der Waals surface area contributed by atoms with Gasteiger partial charge in [0.15, 0.2) is 0 Å². The van der Waals surface area contributed by atoms with E-state index in [2.05, 4.69) is 20.7 Å². The van der Waals surface area contributed by atoms with Gasteiger partial charge in [0.1, 0.15) is 12.3 Å². The lowest BCUT2D eigenvalue weighted by molar-refractivity contribution is 0.308. The molecule has 1 aliphatic heterocycles. The Bertz CT molecular complexity index is 488. The van der Waals surface area contributed by atoms with Crippen LogP contribution in [0.1, 0.15) is 64.2 Å². The summed E-state index contributed by atoms with van der Waals surface area (Å²) >= 11 is 9.74. The molecule has 23 heavy (non-hydrogen) atoms. The molecule has 0 aromatic heterocycles. The second-order valence-electron chi connectivity index (χ2n) is 7.33. The summed E-state index contributed by atoms with van der Waals surface area (Å²) in [6.45, 7) is 0. The van der Waals surface area contributed by atoms with Crippen molar-refractivity contribution in [2.24, 2.45) is 5.92 Å². The van der Waals surface area contributed by atoms with Gasteiger partial charge < -0.3 is 4.74 Å². The maximum absolute atomic E-state index is 12.4. The summed E-state index contributed by atoms with van der Waals surface area (Å²) in [4.78, 5) is 0.693. The van der Waals surface area contributed by atoms with E-state index in [1.165, 1.54) is 25.7 Å². The SMILES string of the molecule is O=S(=O)(NC1OC1CCC1CCC(Br)CC1)C1CCC(Cl)CC1. The lowest BCUT2D eigenvalue weighted by Gasteiger charge is -2.25. The van der Waals surface area contributed by atoms with Gasteiger partial charge in [-0.25, -0.2) is 8.42 Å². The van der Waals surface area contributed by atoms with Crippen molar-refractivity contribution in [2.45, 2.75) is 92.0 Å². The monoisotopic (exact) mass is 427 g/mol. The van der Waals surface area contributed by atoms with E-state index in [9.17, 15) is 8.42 Å². The minimum Gasteiger partial charge on any atom is -0.352 e. The van der Waals surface area contributed by atoms with Crippen LogP contribution in [0.5, 0.6) is 0 Å². The summed E-state index contributed by atoms with van der Waals surface area (Å²) in [6.07, 6.45) is 9.90. The summed E-state index contributed by atoms with van der Waals surface area (Å²) in [5, 5.41) is -0.155. The fourth-order valence-electron chi connectivity index (χ4n) is 3.87. The van der Waals surface area contributed by atoms with Crippen molar-refractivity contribution < 1.29 is 13.2 Å². The summed E-state index contributed by atoms with van der Waals surface area (Å²) in [7, 11) is -3.27. The average Bonchev–Trinajstić information content (AvgIpc) is 3.24. The van der Waals surface area contributed by atoms with Gasteiger partial charge in [0.2, 0.25) is 10.0 Å². The minimum absolute atomic E-state index is 0.0795. The Labute approximate surface area is 153 Å². The Morgan fingerprint density at radius 2 is 1.65 bits per heavy atom. The van der Waals surface area contributed by atoms with Gasteiger partial charge in [-0.2, -0.15) is 4.72 Å². The van der Waals surface area contributed by atoms with Crippen LogP contribution in [0.3, 0.4) is 0 Å². The Morgan fingerprint density at radius 1 is 1.00 bits per heavy atom. The molecular weight excluding hydrogens is 402 g/mol. The molecule has 3 fully saturated rings. The first-order valence-electron chi connectivity index (χ1n) is 8.89. The van der Waals surface area contributed by atoms with Crippen LogP contribution in [0.4, 0.5) is 0 Å². The van der Waals surface area contributed by atoms with Crippen molar-refractivity contribution in [2.75, 3.05) is 0 Å². The number of alkyl halides is 2. The van der Waals surface area contributed by atoms with E-state index in [0.29, 0.717) is 17.7 Å². The van der Waals surface area contributed by atoms with Gasteiger partial charge in [-0.15, -0.1) is 11.6 Å². The molecule has 0 radical (unpaired) electrons. The van der Waals surface area contributed by atoms with Gasteiger partial charge in [0.05, 0.1) is 5.25 Å². The molecule has 0 amide bonds. The number of hydrogen-bond donors (Lipinski definition) is 1. The van der Waals surface area contributed by atoms with Crippen LogP contribution < -0.4 is 4.72 Å². The summed E-state index contributed by atoms with van der Waals surface area (Å²) in [5.41, 5.74) is 0. The molecule has 2 saturated carbocycles. The zero-order chi connectivity index (χ0) is 16.4. The van der Waals surface area contributed by atoms with Gasteiger partial charge in [-0.3, -0.25) is 0 Å². The Kier molecular flexibility index (Phi) is 6.33. The van der Waals surface area contributed by atoms with Crippen molar-refractivity contribution in [3.05, 3.63) is 0 Å². The van der Waals surface area contributed by atoms with Crippen LogP contribution in [0.15, 0.2) is 0 Å². The molecule has 7 heteroatoms. The van der Waals surface area contributed by atoms with E-state index in [4.69, 9.17) is 16.3 Å². The van der Waals surface area contributed by atoms with E-state index < -0.39 is 10.0 Å². The number of nitrogens with one attached hydrogen (secondary N) is 1. The molecule has 2 aliphatic carbocycles. The van der Waals surface area contributed by atoms with Crippen molar-refractivity contribution in [1.29, 1.82) is 0 Å². The maximum Gasteiger partial charge on any atom is 0.216 e. The molecule has 4 nitrogen and oxygen atoms in total. The molecule has 134 valence electrons. The molecule has 3 aliphatic rings. The summed E-state index contributed by atoms with van der Waals surface area (Å²) in [5.74, 6) is 0.782. The normalized spacial score (nSPS) is 41.7. The molecule has 0 aromatic carbocycles. The maximum atomic E-state index is 12.4. The van der Waals surface area contributed by atoms with Crippen molar-refractivity contribution in [3.8, 4) is 0 Å². The largest absolute Gasteiger partial charge is 0.352 e. The number of hydrogen-bond acceptors (Lipinski definition) is 3. The lowest BCUT2D eigenvalue weighted by Crippen LogP contribution is -2.39. The Morgan fingerprint density at radius 3 is 2.30 bits per heavy atom. The highest BCUT2D eigenvalue weighted by Gasteiger charge is 2.43. The first-order chi connectivity index (χ1) is 10.9. The van der Waals surface area contributed by atoms with E-state index in [-0.39, 0.29) is 23.0 Å².